The van der Waals surface area contributed by atoms with Crippen LogP contribution in [0.25, 0.3) is 0 Å². The van der Waals surface area contributed by atoms with E-state index in [1.807, 2.05) is 0 Å². The molecule has 0 aromatic heterocycles. The van der Waals surface area contributed by atoms with Gasteiger partial charge >= 0.3 is 0 Å². The molecule has 1 heterocycles. The van der Waals surface area contributed by atoms with Crippen molar-refractivity contribution in [3.05, 3.63) is 28.7 Å². The summed E-state index contributed by atoms with van der Waals surface area (Å²) in [7, 11) is -3.34. The van der Waals surface area contributed by atoms with E-state index in [1.165, 1.54) is 4.31 Å². The van der Waals surface area contributed by atoms with Crippen molar-refractivity contribution in [3.63, 3.8) is 0 Å². The Bertz CT molecular complexity index is 487. The Labute approximate surface area is 110 Å². The van der Waals surface area contributed by atoms with Gasteiger partial charge in [0.15, 0.2) is 0 Å². The lowest BCUT2D eigenvalue weighted by molar-refractivity contribution is 0.459. The number of nitrogens with two attached hydrogens (primary N) is 1. The highest BCUT2D eigenvalue weighted by Crippen LogP contribution is 2.24. The molecule has 0 amide bonds. The molecule has 94 valence electrons. The van der Waals surface area contributed by atoms with Crippen molar-refractivity contribution >= 4 is 26.0 Å². The number of nitrogens with zero attached hydrogens (tertiary/aromatic N) is 1. The molecule has 1 fully saturated rings. The molecule has 6 heteroatoms. The molecule has 4 nitrogen and oxygen atoms in total. The van der Waals surface area contributed by atoms with Crippen LogP contribution in [0.2, 0.25) is 0 Å². The fourth-order valence-corrected chi connectivity index (χ4v) is 3.76. The lowest BCUT2D eigenvalue weighted by atomic mass is 10.1. The topological polar surface area (TPSA) is 63.4 Å². The fourth-order valence-electron chi connectivity index (χ4n) is 1.96. The minimum absolute atomic E-state index is 0.292. The van der Waals surface area contributed by atoms with E-state index in [-0.39, 0.29) is 0 Å². The molecule has 0 bridgehead atoms. The van der Waals surface area contributed by atoms with Crippen LogP contribution >= 0.6 is 15.9 Å². The smallest absolute Gasteiger partial charge is 0.243 e. The molecule has 0 saturated carbocycles. The van der Waals surface area contributed by atoms with Crippen molar-refractivity contribution in [1.82, 2.24) is 4.31 Å². The molecule has 0 spiro atoms. The van der Waals surface area contributed by atoms with Crippen molar-refractivity contribution in [2.45, 2.75) is 11.3 Å². The Balaban J connectivity index is 2.22. The van der Waals surface area contributed by atoms with Crippen molar-refractivity contribution in [3.8, 4) is 0 Å². The van der Waals surface area contributed by atoms with Crippen molar-refractivity contribution in [2.75, 3.05) is 19.6 Å². The van der Waals surface area contributed by atoms with Gasteiger partial charge in [0.2, 0.25) is 10.0 Å². The Morgan fingerprint density at radius 2 is 2.00 bits per heavy atom. The second-order valence-electron chi connectivity index (χ2n) is 4.21. The Hall–Kier alpha value is -0.430. The normalized spacial score (nSPS) is 21.9. The molecule has 1 aliphatic rings. The standard InChI is InChI=1S/C11H15BrN2O2S/c12-10-1-3-11(4-2-10)17(15,16)14-6-5-9(7-13)8-14/h1-4,9H,5-8,13H2. The molecule has 1 unspecified atom stereocenters. The van der Waals surface area contributed by atoms with Gasteiger partial charge in [-0.15, -0.1) is 0 Å². The summed E-state index contributed by atoms with van der Waals surface area (Å²) in [6.45, 7) is 1.65. The van der Waals surface area contributed by atoms with Gasteiger partial charge in [-0.2, -0.15) is 4.31 Å². The molecule has 0 aliphatic carbocycles. The first-order chi connectivity index (χ1) is 8.04. The van der Waals surface area contributed by atoms with E-state index in [0.29, 0.717) is 30.4 Å². The maximum Gasteiger partial charge on any atom is 0.243 e. The predicted octanol–water partition coefficient (Wildman–Crippen LogP) is 1.42. The Kier molecular flexibility index (Phi) is 3.87. The Morgan fingerprint density at radius 3 is 2.53 bits per heavy atom. The zero-order valence-corrected chi connectivity index (χ0v) is 11.7. The fraction of sp³-hybridized carbons (Fsp3) is 0.455. The molecule has 1 aromatic carbocycles. The third-order valence-corrected chi connectivity index (χ3v) is 5.44. The summed E-state index contributed by atoms with van der Waals surface area (Å²) in [4.78, 5) is 0.346. The first kappa shape index (κ1) is 13.0. The van der Waals surface area contributed by atoms with Crippen LogP contribution in [0.3, 0.4) is 0 Å². The molecular weight excluding hydrogens is 304 g/mol. The Morgan fingerprint density at radius 1 is 1.35 bits per heavy atom. The number of hydrogen-bond donors (Lipinski definition) is 1. The molecule has 2 N–H and O–H groups in total. The number of benzene rings is 1. The van der Waals surface area contributed by atoms with E-state index in [4.69, 9.17) is 5.73 Å². The van der Waals surface area contributed by atoms with Crippen molar-refractivity contribution in [2.24, 2.45) is 11.7 Å². The highest BCUT2D eigenvalue weighted by molar-refractivity contribution is 9.10. The second kappa shape index (κ2) is 5.06. The van der Waals surface area contributed by atoms with Gasteiger partial charge in [-0.05, 0) is 43.1 Å². The van der Waals surface area contributed by atoms with Gasteiger partial charge in [0.1, 0.15) is 0 Å². The summed E-state index contributed by atoms with van der Waals surface area (Å²) in [5.41, 5.74) is 5.57. The minimum Gasteiger partial charge on any atom is -0.330 e. The molecule has 1 aromatic rings. The summed E-state index contributed by atoms with van der Waals surface area (Å²) < 4.78 is 26.9. The van der Waals surface area contributed by atoms with E-state index >= 15 is 0 Å². The summed E-state index contributed by atoms with van der Waals surface area (Å²) in [6, 6.07) is 6.72. The number of hydrogen-bond acceptors (Lipinski definition) is 3. The van der Waals surface area contributed by atoms with Crippen molar-refractivity contribution < 1.29 is 8.42 Å². The van der Waals surface area contributed by atoms with Crippen LogP contribution in [0.4, 0.5) is 0 Å². The third kappa shape index (κ3) is 2.70. The first-order valence-corrected chi connectivity index (χ1v) is 7.73. The van der Waals surface area contributed by atoms with Gasteiger partial charge in [0, 0.05) is 17.6 Å². The average Bonchev–Trinajstić information content (AvgIpc) is 2.78. The SMILES string of the molecule is NCC1CCN(S(=O)(=O)c2ccc(Br)cc2)C1. The van der Waals surface area contributed by atoms with Crippen LogP contribution in [0.15, 0.2) is 33.6 Å². The largest absolute Gasteiger partial charge is 0.330 e. The van der Waals surface area contributed by atoms with Gasteiger partial charge in [-0.1, -0.05) is 15.9 Å². The lowest BCUT2D eigenvalue weighted by Crippen LogP contribution is -2.29. The van der Waals surface area contributed by atoms with Gasteiger partial charge < -0.3 is 5.73 Å². The van der Waals surface area contributed by atoms with E-state index in [0.717, 1.165) is 10.9 Å². The van der Waals surface area contributed by atoms with E-state index < -0.39 is 10.0 Å². The van der Waals surface area contributed by atoms with Crippen LogP contribution < -0.4 is 5.73 Å². The van der Waals surface area contributed by atoms with Gasteiger partial charge in [0.25, 0.3) is 0 Å². The predicted molar refractivity (Wildman–Crippen MR) is 70.1 cm³/mol. The van der Waals surface area contributed by atoms with Crippen LogP contribution in [0, 0.1) is 5.92 Å². The maximum atomic E-state index is 12.3. The van der Waals surface area contributed by atoms with Crippen LogP contribution in [0.1, 0.15) is 6.42 Å². The number of rotatable bonds is 3. The molecule has 1 aliphatic heterocycles. The van der Waals surface area contributed by atoms with Gasteiger partial charge in [-0.3, -0.25) is 0 Å². The van der Waals surface area contributed by atoms with Crippen LogP contribution in [-0.4, -0.2) is 32.4 Å². The molecule has 17 heavy (non-hydrogen) atoms. The summed E-state index contributed by atoms with van der Waals surface area (Å²) >= 11 is 3.29. The monoisotopic (exact) mass is 318 g/mol. The van der Waals surface area contributed by atoms with E-state index in [1.54, 1.807) is 24.3 Å². The highest BCUT2D eigenvalue weighted by Gasteiger charge is 2.31. The first-order valence-electron chi connectivity index (χ1n) is 5.50. The number of sulfonamides is 1. The van der Waals surface area contributed by atoms with Gasteiger partial charge in [0.05, 0.1) is 4.90 Å². The molecule has 0 radical (unpaired) electrons. The van der Waals surface area contributed by atoms with Crippen molar-refractivity contribution in [1.29, 1.82) is 0 Å². The quantitative estimate of drug-likeness (QED) is 0.916. The third-order valence-electron chi connectivity index (χ3n) is 3.03. The summed E-state index contributed by atoms with van der Waals surface area (Å²) in [5.74, 6) is 0.292. The zero-order chi connectivity index (χ0) is 12.5. The molecule has 1 saturated heterocycles. The van der Waals surface area contributed by atoms with Crippen LogP contribution in [-0.2, 0) is 10.0 Å². The summed E-state index contributed by atoms with van der Waals surface area (Å²) in [6.07, 6.45) is 0.853. The zero-order valence-electron chi connectivity index (χ0n) is 9.34. The summed E-state index contributed by atoms with van der Waals surface area (Å²) in [5, 5.41) is 0. The average molecular weight is 319 g/mol. The molecule has 2 rings (SSSR count). The number of halogens is 1. The minimum atomic E-state index is -3.34. The van der Waals surface area contributed by atoms with Crippen LogP contribution in [0.5, 0.6) is 0 Å². The van der Waals surface area contributed by atoms with Gasteiger partial charge in [-0.25, -0.2) is 8.42 Å². The molecule has 1 atom stereocenters. The molecular formula is C11H15BrN2O2S. The van der Waals surface area contributed by atoms with E-state index in [2.05, 4.69) is 15.9 Å². The van der Waals surface area contributed by atoms with E-state index in [9.17, 15) is 8.42 Å². The second-order valence-corrected chi connectivity index (χ2v) is 7.06. The lowest BCUT2D eigenvalue weighted by Gasteiger charge is -2.16. The maximum absolute atomic E-state index is 12.3. The highest BCUT2D eigenvalue weighted by atomic mass is 79.9.